The molecule has 0 aromatic carbocycles. The molecule has 1 N–H and O–H groups in total. The Morgan fingerprint density at radius 3 is 2.68 bits per heavy atom. The highest BCUT2D eigenvalue weighted by Gasteiger charge is 2.33. The molecule has 178 valence electrons. The van der Waals surface area contributed by atoms with Crippen LogP contribution in [0, 0.1) is 5.92 Å². The number of ether oxygens (including phenoxy) is 1. The van der Waals surface area contributed by atoms with Crippen LogP contribution in [-0.4, -0.2) is 72.8 Å². The number of nitrogens with one attached hydrogen (secondary N) is 1. The normalized spacial score (nSPS) is 17.1. The molecule has 10 heteroatoms. The van der Waals surface area contributed by atoms with Crippen molar-refractivity contribution in [2.24, 2.45) is 10.9 Å². The molecule has 31 heavy (non-hydrogen) atoms. The second-order valence-corrected chi connectivity index (χ2v) is 7.57. The zero-order valence-electron chi connectivity index (χ0n) is 18.6. The molecule has 0 aliphatic carbocycles. The molecule has 0 saturated carbocycles. The van der Waals surface area contributed by atoms with Crippen molar-refractivity contribution in [1.82, 2.24) is 20.1 Å². The third-order valence-corrected chi connectivity index (χ3v) is 4.95. The fourth-order valence-corrected chi connectivity index (χ4v) is 3.49. The summed E-state index contributed by atoms with van der Waals surface area (Å²) in [6, 6.07) is 3.80. The Bertz CT molecular complexity index is 657. The lowest BCUT2D eigenvalue weighted by Gasteiger charge is -2.26. The first-order valence-corrected chi connectivity index (χ1v) is 10.7. The monoisotopic (exact) mass is 557 g/mol. The Hall–Kier alpha value is -1.30. The Labute approximate surface area is 200 Å². The van der Waals surface area contributed by atoms with E-state index < -0.39 is 12.7 Å². The molecule has 0 radical (unpaired) electrons. The summed E-state index contributed by atoms with van der Waals surface area (Å²) in [7, 11) is 0. The highest BCUT2D eigenvalue weighted by atomic mass is 127. The maximum absolute atomic E-state index is 12.7. The lowest BCUT2D eigenvalue weighted by atomic mass is 10.1. The van der Waals surface area contributed by atoms with E-state index >= 15 is 0 Å². The van der Waals surface area contributed by atoms with Crippen LogP contribution in [0.2, 0.25) is 0 Å². The molecule has 6 nitrogen and oxygen atoms in total. The predicted molar refractivity (Wildman–Crippen MR) is 128 cm³/mol. The van der Waals surface area contributed by atoms with Gasteiger partial charge in [-0.3, -0.25) is 4.90 Å². The van der Waals surface area contributed by atoms with Crippen LogP contribution in [0.4, 0.5) is 13.2 Å². The summed E-state index contributed by atoms with van der Waals surface area (Å²) in [5, 5.41) is 3.30. The molecule has 1 unspecified atom stereocenters. The van der Waals surface area contributed by atoms with Gasteiger partial charge in [-0.25, -0.2) is 9.98 Å². The number of nitrogens with zero attached hydrogens (tertiary/aromatic N) is 4. The molecule has 2 rings (SSSR count). The fraction of sp³-hybridized carbons (Fsp3) is 0.714. The van der Waals surface area contributed by atoms with E-state index in [0.717, 1.165) is 37.5 Å². The number of aromatic nitrogens is 1. The quantitative estimate of drug-likeness (QED) is 0.266. The molecule has 2 heterocycles. The summed E-state index contributed by atoms with van der Waals surface area (Å²) in [6.45, 7) is 9.20. The SMILES string of the molecule is CCCOc1ccc(CN=C(NCC)N2CCC(CN(CC)CC(F)(F)F)C2)cn1.I. The van der Waals surface area contributed by atoms with Crippen molar-refractivity contribution in [2.75, 3.05) is 45.9 Å². The van der Waals surface area contributed by atoms with Gasteiger partial charge in [-0.1, -0.05) is 19.9 Å². The number of pyridine rings is 1. The standard InChI is InChI=1S/C21H34F3N5O.HI/c1-4-11-30-19-8-7-17(12-26-19)13-27-20(25-5-2)29-10-9-18(15-29)14-28(6-3)16-21(22,23)24;/h7-8,12,18H,4-6,9-11,13-16H2,1-3H3,(H,25,27);1H. The van der Waals surface area contributed by atoms with Gasteiger partial charge < -0.3 is 15.0 Å². The summed E-state index contributed by atoms with van der Waals surface area (Å²) in [6.07, 6.45) is -0.594. The second kappa shape index (κ2) is 14.0. The highest BCUT2D eigenvalue weighted by Crippen LogP contribution is 2.21. The summed E-state index contributed by atoms with van der Waals surface area (Å²) >= 11 is 0. The maximum Gasteiger partial charge on any atom is 0.401 e. The van der Waals surface area contributed by atoms with Crippen LogP contribution >= 0.6 is 24.0 Å². The minimum atomic E-state index is -4.16. The smallest absolute Gasteiger partial charge is 0.401 e. The first kappa shape index (κ1) is 27.7. The maximum atomic E-state index is 12.7. The Balaban J connectivity index is 0.00000480. The summed E-state index contributed by atoms with van der Waals surface area (Å²) in [5.41, 5.74) is 0.979. The van der Waals surface area contributed by atoms with E-state index in [2.05, 4.69) is 15.2 Å². The van der Waals surface area contributed by atoms with Gasteiger partial charge in [-0.2, -0.15) is 13.2 Å². The highest BCUT2D eigenvalue weighted by molar-refractivity contribution is 14.0. The lowest BCUT2D eigenvalue weighted by Crippen LogP contribution is -2.41. The summed E-state index contributed by atoms with van der Waals surface area (Å²) in [5.74, 6) is 1.61. The lowest BCUT2D eigenvalue weighted by molar-refractivity contribution is -0.146. The van der Waals surface area contributed by atoms with E-state index in [0.29, 0.717) is 38.7 Å². The molecule has 0 bridgehead atoms. The van der Waals surface area contributed by atoms with Crippen LogP contribution in [0.1, 0.15) is 39.2 Å². The van der Waals surface area contributed by atoms with Gasteiger partial charge in [0.1, 0.15) is 0 Å². The van der Waals surface area contributed by atoms with E-state index in [-0.39, 0.29) is 29.9 Å². The van der Waals surface area contributed by atoms with Crippen LogP contribution in [0.5, 0.6) is 5.88 Å². The number of guanidine groups is 1. The number of hydrogen-bond acceptors (Lipinski definition) is 4. The summed E-state index contributed by atoms with van der Waals surface area (Å²) in [4.78, 5) is 12.6. The van der Waals surface area contributed by atoms with Gasteiger partial charge in [-0.05, 0) is 37.8 Å². The number of aliphatic imine (C=N–C) groups is 1. The van der Waals surface area contributed by atoms with Crippen LogP contribution in [0.15, 0.2) is 23.3 Å². The minimum Gasteiger partial charge on any atom is -0.478 e. The van der Waals surface area contributed by atoms with E-state index in [4.69, 9.17) is 9.73 Å². The first-order chi connectivity index (χ1) is 14.3. The molecule has 1 aromatic rings. The zero-order chi connectivity index (χ0) is 22.0. The molecular weight excluding hydrogens is 522 g/mol. The van der Waals surface area contributed by atoms with Gasteiger partial charge in [-0.15, -0.1) is 24.0 Å². The largest absolute Gasteiger partial charge is 0.478 e. The van der Waals surface area contributed by atoms with E-state index in [1.807, 2.05) is 26.0 Å². The Kier molecular flexibility index (Phi) is 12.5. The topological polar surface area (TPSA) is 53.0 Å². The number of hydrogen-bond donors (Lipinski definition) is 1. The van der Waals surface area contributed by atoms with Gasteiger partial charge in [0.2, 0.25) is 5.88 Å². The van der Waals surface area contributed by atoms with Crippen molar-refractivity contribution in [1.29, 1.82) is 0 Å². The van der Waals surface area contributed by atoms with Crippen molar-refractivity contribution in [3.63, 3.8) is 0 Å². The van der Waals surface area contributed by atoms with Crippen molar-refractivity contribution < 1.29 is 17.9 Å². The van der Waals surface area contributed by atoms with Crippen LogP contribution in [0.3, 0.4) is 0 Å². The number of rotatable bonds is 10. The number of likely N-dealkylation sites (tertiary alicyclic amines) is 1. The second-order valence-electron chi connectivity index (χ2n) is 7.57. The van der Waals surface area contributed by atoms with Crippen LogP contribution < -0.4 is 10.1 Å². The van der Waals surface area contributed by atoms with Crippen LogP contribution in [0.25, 0.3) is 0 Å². The van der Waals surface area contributed by atoms with Gasteiger partial charge in [0.15, 0.2) is 5.96 Å². The number of alkyl halides is 3. The average Bonchev–Trinajstić information content (AvgIpc) is 3.17. The van der Waals surface area contributed by atoms with Crippen molar-refractivity contribution in [3.05, 3.63) is 23.9 Å². The molecule has 1 atom stereocenters. The van der Waals surface area contributed by atoms with E-state index in [9.17, 15) is 13.2 Å². The summed E-state index contributed by atoms with van der Waals surface area (Å²) < 4.78 is 43.7. The molecule has 1 aliphatic rings. The Morgan fingerprint density at radius 1 is 1.32 bits per heavy atom. The molecule has 1 aliphatic heterocycles. The molecule has 1 aromatic heterocycles. The fourth-order valence-electron chi connectivity index (χ4n) is 3.49. The van der Waals surface area contributed by atoms with Gasteiger partial charge in [0, 0.05) is 38.4 Å². The van der Waals surface area contributed by atoms with Gasteiger partial charge >= 0.3 is 6.18 Å². The van der Waals surface area contributed by atoms with Crippen molar-refractivity contribution in [2.45, 2.75) is 46.3 Å². The minimum absolute atomic E-state index is 0. The molecule has 0 amide bonds. The Morgan fingerprint density at radius 2 is 2.10 bits per heavy atom. The van der Waals surface area contributed by atoms with Gasteiger partial charge in [0.05, 0.1) is 19.7 Å². The molecule has 1 saturated heterocycles. The average molecular weight is 557 g/mol. The number of halogens is 4. The molecule has 1 fully saturated rings. The first-order valence-electron chi connectivity index (χ1n) is 10.7. The van der Waals surface area contributed by atoms with Crippen molar-refractivity contribution >= 4 is 29.9 Å². The third-order valence-electron chi connectivity index (χ3n) is 4.95. The van der Waals surface area contributed by atoms with Crippen LogP contribution in [-0.2, 0) is 6.54 Å². The third kappa shape index (κ3) is 10.2. The zero-order valence-corrected chi connectivity index (χ0v) is 21.0. The van der Waals surface area contributed by atoms with E-state index in [1.165, 1.54) is 4.90 Å². The predicted octanol–water partition coefficient (Wildman–Crippen LogP) is 4.16. The molecular formula is C21H35F3IN5O. The van der Waals surface area contributed by atoms with Crippen molar-refractivity contribution in [3.8, 4) is 5.88 Å². The molecule has 0 spiro atoms. The van der Waals surface area contributed by atoms with E-state index in [1.54, 1.807) is 13.1 Å². The van der Waals surface area contributed by atoms with Gasteiger partial charge in [0.25, 0.3) is 0 Å².